The maximum atomic E-state index is 12.5. The number of ether oxygens (including phenoxy) is 1. The van der Waals surface area contributed by atoms with Gasteiger partial charge in [0.15, 0.2) is 12.4 Å². The number of imidazole rings is 1. The molecule has 3 aromatic heterocycles. The van der Waals surface area contributed by atoms with Crippen molar-refractivity contribution >= 4 is 22.9 Å². The van der Waals surface area contributed by atoms with Gasteiger partial charge in [-0.15, -0.1) is 0 Å². The van der Waals surface area contributed by atoms with Crippen molar-refractivity contribution < 1.29 is 17.9 Å². The van der Waals surface area contributed by atoms with Gasteiger partial charge in [0.2, 0.25) is 0 Å². The Bertz CT molecular complexity index is 1390. The fraction of sp³-hybridized carbons (Fsp3) is 0.286. The van der Waals surface area contributed by atoms with Gasteiger partial charge in [0.25, 0.3) is 5.56 Å². The fourth-order valence-electron chi connectivity index (χ4n) is 3.48. The summed E-state index contributed by atoms with van der Waals surface area (Å²) in [6.45, 7) is 4.26. The van der Waals surface area contributed by atoms with E-state index in [-0.39, 0.29) is 28.2 Å². The maximum Gasteiger partial charge on any atom is 0.422 e. The van der Waals surface area contributed by atoms with Gasteiger partial charge in [0, 0.05) is 42.5 Å². The second-order valence-corrected chi connectivity index (χ2v) is 8.09. The number of nitrogens with zero attached hydrogens (tertiary/aromatic N) is 4. The summed E-state index contributed by atoms with van der Waals surface area (Å²) >= 11 is 5.93. The van der Waals surface area contributed by atoms with Crippen LogP contribution >= 0.6 is 11.6 Å². The van der Waals surface area contributed by atoms with E-state index >= 15 is 0 Å². The smallest absolute Gasteiger partial charge is 0.422 e. The number of hydrogen-bond acceptors (Lipinski definition) is 6. The van der Waals surface area contributed by atoms with E-state index in [1.807, 2.05) is 0 Å². The van der Waals surface area contributed by atoms with Crippen molar-refractivity contribution in [1.82, 2.24) is 24.6 Å². The van der Waals surface area contributed by atoms with E-state index < -0.39 is 24.0 Å². The van der Waals surface area contributed by atoms with Crippen molar-refractivity contribution in [2.45, 2.75) is 25.4 Å². The Kier molecular flexibility index (Phi) is 6.17. The van der Waals surface area contributed by atoms with Gasteiger partial charge in [-0.3, -0.25) is 14.8 Å². The molecule has 13 heteroatoms. The number of hydrogen-bond donors (Lipinski definition) is 2. The van der Waals surface area contributed by atoms with Gasteiger partial charge in [-0.2, -0.15) is 18.3 Å². The minimum atomic E-state index is -4.49. The van der Waals surface area contributed by atoms with Crippen LogP contribution in [-0.4, -0.2) is 43.1 Å². The number of aromatic nitrogens is 5. The molecule has 3 heterocycles. The standard InChI is InChI=1S/C21H18ClF3N6O3/c1-10(12-5-13(12)16-6-17(15(22)8-27-16)34-9-21(23,24)25)18-26-3-4-31(18)30-11(2)14-7-28-20(33)29-19(14)32/h3-4,6-8,12-13H,1,5,9H2,2H3,(H2,28,29,32,33)/b30-11+/t12-,13+/m1/s1. The SMILES string of the molecule is C=C(c1nccn1/N=C(\C)c1c[nH]c(=O)[nH]c1=O)[C@H]1C[C@@H]1c1cc(OCC(F)(F)F)c(Cl)cn1. The molecule has 1 saturated carbocycles. The first-order valence-corrected chi connectivity index (χ1v) is 10.4. The number of halogens is 4. The Morgan fingerprint density at radius 1 is 1.38 bits per heavy atom. The molecule has 4 rings (SSSR count). The zero-order chi connectivity index (χ0) is 24.6. The van der Waals surface area contributed by atoms with Gasteiger partial charge in [-0.25, -0.2) is 14.5 Å². The largest absolute Gasteiger partial charge is 0.482 e. The summed E-state index contributed by atoms with van der Waals surface area (Å²) in [6.07, 6.45) is 1.81. The zero-order valence-electron chi connectivity index (χ0n) is 17.7. The third kappa shape index (κ3) is 5.11. The van der Waals surface area contributed by atoms with Crippen molar-refractivity contribution in [2.75, 3.05) is 6.61 Å². The second kappa shape index (κ2) is 8.93. The molecule has 0 saturated heterocycles. The van der Waals surface area contributed by atoms with Gasteiger partial charge < -0.3 is 9.72 Å². The third-order valence-corrected chi connectivity index (χ3v) is 5.51. The molecule has 1 aliphatic carbocycles. The summed E-state index contributed by atoms with van der Waals surface area (Å²) in [5.41, 5.74) is 0.501. The topological polar surface area (TPSA) is 118 Å². The monoisotopic (exact) mass is 494 g/mol. The highest BCUT2D eigenvalue weighted by Gasteiger charge is 2.43. The van der Waals surface area contributed by atoms with Gasteiger partial charge in [0.1, 0.15) is 10.8 Å². The molecule has 1 fully saturated rings. The maximum absolute atomic E-state index is 12.5. The van der Waals surface area contributed by atoms with Crippen LogP contribution in [0.2, 0.25) is 5.02 Å². The van der Waals surface area contributed by atoms with Crippen LogP contribution in [-0.2, 0) is 0 Å². The van der Waals surface area contributed by atoms with Crippen LogP contribution in [0.3, 0.4) is 0 Å². The van der Waals surface area contributed by atoms with Crippen molar-refractivity contribution in [3.05, 3.63) is 80.4 Å². The van der Waals surface area contributed by atoms with Gasteiger partial charge in [0.05, 0.1) is 11.3 Å². The number of alkyl halides is 3. The Balaban J connectivity index is 1.52. The molecule has 0 aromatic carbocycles. The predicted molar refractivity (Wildman–Crippen MR) is 118 cm³/mol. The summed E-state index contributed by atoms with van der Waals surface area (Å²) < 4.78 is 43.8. The number of rotatable bonds is 7. The molecular weight excluding hydrogens is 477 g/mol. The normalized spacial score (nSPS) is 18.1. The zero-order valence-corrected chi connectivity index (χ0v) is 18.4. The Hall–Kier alpha value is -3.67. The molecule has 2 N–H and O–H groups in total. The van der Waals surface area contributed by atoms with E-state index in [4.69, 9.17) is 16.3 Å². The van der Waals surface area contributed by atoms with Gasteiger partial charge >= 0.3 is 11.9 Å². The first-order valence-electron chi connectivity index (χ1n) is 9.99. The molecule has 1 aliphatic rings. The van der Waals surface area contributed by atoms with E-state index in [0.717, 1.165) is 0 Å². The lowest BCUT2D eigenvalue weighted by Crippen LogP contribution is -2.26. The molecule has 3 aromatic rings. The number of H-pyrrole nitrogens is 2. The summed E-state index contributed by atoms with van der Waals surface area (Å²) in [5, 5.41) is 4.38. The molecule has 2 atom stereocenters. The van der Waals surface area contributed by atoms with E-state index in [1.165, 1.54) is 29.3 Å². The van der Waals surface area contributed by atoms with Gasteiger partial charge in [-0.05, 0) is 24.8 Å². The minimum absolute atomic E-state index is 0.0124. The number of allylic oxidation sites excluding steroid dienone is 1. The molecule has 0 aliphatic heterocycles. The molecule has 9 nitrogen and oxygen atoms in total. The van der Waals surface area contributed by atoms with Crippen LogP contribution < -0.4 is 16.0 Å². The Morgan fingerprint density at radius 3 is 2.85 bits per heavy atom. The Morgan fingerprint density at radius 2 is 2.15 bits per heavy atom. The quantitative estimate of drug-likeness (QED) is 0.488. The van der Waals surface area contributed by atoms with Crippen LogP contribution in [0.1, 0.15) is 36.3 Å². The van der Waals surface area contributed by atoms with Crippen LogP contribution in [0, 0.1) is 5.92 Å². The first kappa shape index (κ1) is 23.5. The van der Waals surface area contributed by atoms with Crippen molar-refractivity contribution in [1.29, 1.82) is 0 Å². The highest BCUT2D eigenvalue weighted by molar-refractivity contribution is 6.31. The van der Waals surface area contributed by atoms with E-state index in [2.05, 4.69) is 31.6 Å². The molecule has 0 unspecified atom stereocenters. The van der Waals surface area contributed by atoms with Crippen LogP contribution in [0.15, 0.2) is 52.1 Å². The second-order valence-electron chi connectivity index (χ2n) is 7.68. The van der Waals surface area contributed by atoms with Crippen molar-refractivity contribution in [3.8, 4) is 5.75 Å². The Labute approximate surface area is 195 Å². The van der Waals surface area contributed by atoms with Crippen LogP contribution in [0.25, 0.3) is 5.57 Å². The van der Waals surface area contributed by atoms with Crippen LogP contribution in [0.5, 0.6) is 5.75 Å². The van der Waals surface area contributed by atoms with Crippen molar-refractivity contribution in [2.24, 2.45) is 11.0 Å². The number of pyridine rings is 1. The lowest BCUT2D eigenvalue weighted by molar-refractivity contribution is -0.153. The molecule has 0 amide bonds. The average Bonchev–Trinajstić information content (AvgIpc) is 3.43. The van der Waals surface area contributed by atoms with Gasteiger partial charge in [-0.1, -0.05) is 18.2 Å². The lowest BCUT2D eigenvalue weighted by Gasteiger charge is -2.11. The molecular formula is C21H18ClF3N6O3. The molecule has 0 bridgehead atoms. The summed E-state index contributed by atoms with van der Waals surface area (Å²) in [6, 6.07) is 1.41. The van der Waals surface area contributed by atoms with E-state index in [0.29, 0.717) is 29.2 Å². The summed E-state index contributed by atoms with van der Waals surface area (Å²) in [5.74, 6) is 0.191. The predicted octanol–water partition coefficient (Wildman–Crippen LogP) is 3.34. The lowest BCUT2D eigenvalue weighted by atomic mass is 10.1. The average molecular weight is 495 g/mol. The first-order chi connectivity index (χ1) is 16.0. The van der Waals surface area contributed by atoms with Crippen molar-refractivity contribution in [3.63, 3.8) is 0 Å². The van der Waals surface area contributed by atoms with Crippen LogP contribution in [0.4, 0.5) is 13.2 Å². The molecule has 178 valence electrons. The van der Waals surface area contributed by atoms with E-state index in [1.54, 1.807) is 13.1 Å². The molecule has 34 heavy (non-hydrogen) atoms. The molecule has 0 spiro atoms. The summed E-state index contributed by atoms with van der Waals surface area (Å²) in [4.78, 5) is 36.3. The number of nitrogens with one attached hydrogen (secondary N) is 2. The number of aromatic amines is 2. The summed E-state index contributed by atoms with van der Waals surface area (Å²) in [7, 11) is 0. The fourth-order valence-corrected chi connectivity index (χ4v) is 3.64. The molecule has 0 radical (unpaired) electrons. The highest BCUT2D eigenvalue weighted by atomic mass is 35.5. The third-order valence-electron chi connectivity index (χ3n) is 5.23. The minimum Gasteiger partial charge on any atom is -0.482 e. The van der Waals surface area contributed by atoms with E-state index in [9.17, 15) is 22.8 Å². The highest BCUT2D eigenvalue weighted by Crippen LogP contribution is 2.54.